The fourth-order valence-corrected chi connectivity index (χ4v) is 3.31. The van der Waals surface area contributed by atoms with Gasteiger partial charge in [-0.15, -0.1) is 11.3 Å². The van der Waals surface area contributed by atoms with Crippen molar-refractivity contribution in [1.82, 2.24) is 4.90 Å². The highest BCUT2D eigenvalue weighted by Crippen LogP contribution is 2.35. The summed E-state index contributed by atoms with van der Waals surface area (Å²) in [5.74, 6) is -0.0909. The third-order valence-corrected chi connectivity index (χ3v) is 4.62. The molecule has 1 aromatic carbocycles. The smallest absolute Gasteiger partial charge is 0.265 e. The molecular weight excluding hydrogens is 282 g/mol. The summed E-state index contributed by atoms with van der Waals surface area (Å²) in [7, 11) is 1.73. The molecule has 1 N–H and O–H groups in total. The van der Waals surface area contributed by atoms with Gasteiger partial charge >= 0.3 is 0 Å². The van der Waals surface area contributed by atoms with Gasteiger partial charge in [0, 0.05) is 23.7 Å². The molecule has 0 fully saturated rings. The average molecular weight is 298 g/mol. The van der Waals surface area contributed by atoms with Gasteiger partial charge in [-0.05, 0) is 19.4 Å². The Morgan fingerprint density at radius 3 is 2.79 bits per heavy atom. The molecule has 1 unspecified atom stereocenters. The van der Waals surface area contributed by atoms with E-state index in [9.17, 15) is 9.90 Å². The molecule has 102 valence electrons. The van der Waals surface area contributed by atoms with Crippen LogP contribution < -0.4 is 0 Å². The van der Waals surface area contributed by atoms with E-state index in [4.69, 9.17) is 11.6 Å². The van der Waals surface area contributed by atoms with Gasteiger partial charge in [-0.25, -0.2) is 0 Å². The summed E-state index contributed by atoms with van der Waals surface area (Å²) in [5.41, 5.74) is 0. The first-order chi connectivity index (χ1) is 9.00. The van der Waals surface area contributed by atoms with Gasteiger partial charge in [0.15, 0.2) is 0 Å². The number of carbonyl (C=O) groups excluding carboxylic acids is 1. The second kappa shape index (κ2) is 5.90. The zero-order chi connectivity index (χ0) is 14.0. The maximum atomic E-state index is 12.3. The number of amides is 1. The molecule has 5 heteroatoms. The molecule has 0 radical (unpaired) electrons. The Bertz CT molecular complexity index is 594. The highest BCUT2D eigenvalue weighted by Gasteiger charge is 2.20. The maximum Gasteiger partial charge on any atom is 0.265 e. The first-order valence-electron chi connectivity index (χ1n) is 6.11. The number of aliphatic hydroxyl groups excluding tert-OH is 1. The van der Waals surface area contributed by atoms with Crippen LogP contribution in [0, 0.1) is 0 Å². The van der Waals surface area contributed by atoms with E-state index in [1.165, 1.54) is 11.3 Å². The second-order valence-corrected chi connectivity index (χ2v) is 6.04. The first kappa shape index (κ1) is 14.3. The Morgan fingerprint density at radius 2 is 2.16 bits per heavy atom. The number of hydrogen-bond acceptors (Lipinski definition) is 3. The lowest BCUT2D eigenvalue weighted by molar-refractivity contribution is 0.0774. The van der Waals surface area contributed by atoms with Crippen LogP contribution in [0.1, 0.15) is 23.0 Å². The minimum atomic E-state index is -0.409. The van der Waals surface area contributed by atoms with Gasteiger partial charge in [0.2, 0.25) is 0 Å². The third-order valence-electron chi connectivity index (χ3n) is 2.96. The lowest BCUT2D eigenvalue weighted by Gasteiger charge is -2.17. The minimum Gasteiger partial charge on any atom is -0.393 e. The van der Waals surface area contributed by atoms with Crippen molar-refractivity contribution < 1.29 is 9.90 Å². The van der Waals surface area contributed by atoms with E-state index in [1.807, 2.05) is 24.3 Å². The molecule has 0 aliphatic rings. The number of benzene rings is 1. The summed E-state index contributed by atoms with van der Waals surface area (Å²) < 4.78 is 1.01. The van der Waals surface area contributed by atoms with Gasteiger partial charge in [0.05, 0.1) is 11.1 Å². The van der Waals surface area contributed by atoms with Gasteiger partial charge in [0.25, 0.3) is 5.91 Å². The third kappa shape index (κ3) is 3.08. The molecule has 3 nitrogen and oxygen atoms in total. The van der Waals surface area contributed by atoms with Crippen LogP contribution in [0.2, 0.25) is 5.02 Å². The average Bonchev–Trinajstić information content (AvgIpc) is 2.73. The molecule has 2 aromatic rings. The SMILES string of the molecule is CC(O)CCN(C)C(=O)c1sc2ccccc2c1Cl. The van der Waals surface area contributed by atoms with Crippen LogP contribution in [-0.2, 0) is 0 Å². The van der Waals surface area contributed by atoms with Crippen LogP contribution in [-0.4, -0.2) is 35.6 Å². The largest absolute Gasteiger partial charge is 0.393 e. The monoisotopic (exact) mass is 297 g/mol. The van der Waals surface area contributed by atoms with Gasteiger partial charge in [-0.3, -0.25) is 4.79 Å². The number of aliphatic hydroxyl groups is 1. The van der Waals surface area contributed by atoms with Crippen LogP contribution in [0.5, 0.6) is 0 Å². The van der Waals surface area contributed by atoms with E-state index in [2.05, 4.69) is 0 Å². The topological polar surface area (TPSA) is 40.5 Å². The lowest BCUT2D eigenvalue weighted by Crippen LogP contribution is -2.29. The molecule has 0 saturated heterocycles. The highest BCUT2D eigenvalue weighted by atomic mass is 35.5. The fraction of sp³-hybridized carbons (Fsp3) is 0.357. The summed E-state index contributed by atoms with van der Waals surface area (Å²) in [5, 5.41) is 10.7. The molecule has 0 aliphatic carbocycles. The summed E-state index contributed by atoms with van der Waals surface area (Å²) in [6.45, 7) is 2.23. The molecule has 1 amide bonds. The number of rotatable bonds is 4. The van der Waals surface area contributed by atoms with Gasteiger partial charge in [0.1, 0.15) is 4.88 Å². The summed E-state index contributed by atoms with van der Waals surface area (Å²) in [4.78, 5) is 14.5. The van der Waals surface area contributed by atoms with Crippen molar-refractivity contribution in [2.75, 3.05) is 13.6 Å². The Morgan fingerprint density at radius 1 is 1.47 bits per heavy atom. The predicted molar refractivity (Wildman–Crippen MR) is 80.1 cm³/mol. The standard InChI is InChI=1S/C14H16ClNO2S/c1-9(17)7-8-16(2)14(18)13-12(15)10-5-3-4-6-11(10)19-13/h3-6,9,17H,7-8H2,1-2H3. The first-order valence-corrected chi connectivity index (χ1v) is 7.30. The highest BCUT2D eigenvalue weighted by molar-refractivity contribution is 7.21. The van der Waals surface area contributed by atoms with Crippen molar-refractivity contribution in [2.45, 2.75) is 19.4 Å². The van der Waals surface area contributed by atoms with Crippen LogP contribution in [0.15, 0.2) is 24.3 Å². The number of nitrogens with zero attached hydrogens (tertiary/aromatic N) is 1. The molecule has 19 heavy (non-hydrogen) atoms. The number of hydrogen-bond donors (Lipinski definition) is 1. The van der Waals surface area contributed by atoms with Crippen molar-refractivity contribution >= 4 is 38.9 Å². The van der Waals surface area contributed by atoms with Crippen LogP contribution in [0.25, 0.3) is 10.1 Å². The van der Waals surface area contributed by atoms with Crippen molar-refractivity contribution in [2.24, 2.45) is 0 Å². The van der Waals surface area contributed by atoms with Gasteiger partial charge < -0.3 is 10.0 Å². The van der Waals surface area contributed by atoms with Crippen LogP contribution in [0.4, 0.5) is 0 Å². The van der Waals surface area contributed by atoms with E-state index in [1.54, 1.807) is 18.9 Å². The normalized spacial score (nSPS) is 12.6. The number of fused-ring (bicyclic) bond motifs is 1. The zero-order valence-electron chi connectivity index (χ0n) is 10.9. The Kier molecular flexibility index (Phi) is 4.45. The maximum absolute atomic E-state index is 12.3. The summed E-state index contributed by atoms with van der Waals surface area (Å²) in [6, 6.07) is 7.71. The van der Waals surface area contributed by atoms with E-state index in [0.717, 1.165) is 10.1 Å². The van der Waals surface area contributed by atoms with Crippen LogP contribution >= 0.6 is 22.9 Å². The molecule has 1 aromatic heterocycles. The summed E-state index contributed by atoms with van der Waals surface area (Å²) >= 11 is 7.68. The van der Waals surface area contributed by atoms with Gasteiger partial charge in [-0.1, -0.05) is 29.8 Å². The zero-order valence-corrected chi connectivity index (χ0v) is 12.5. The molecule has 0 aliphatic heterocycles. The molecule has 2 rings (SSSR count). The number of thiophene rings is 1. The fourth-order valence-electron chi connectivity index (χ4n) is 1.81. The Labute approximate surface area is 121 Å². The van der Waals surface area contributed by atoms with Crippen molar-refractivity contribution in [3.63, 3.8) is 0 Å². The lowest BCUT2D eigenvalue weighted by atomic mass is 10.2. The van der Waals surface area contributed by atoms with E-state index in [-0.39, 0.29) is 5.91 Å². The molecule has 0 saturated carbocycles. The molecule has 1 atom stereocenters. The van der Waals surface area contributed by atoms with E-state index < -0.39 is 6.10 Å². The Balaban J connectivity index is 2.24. The number of halogens is 1. The molecule has 0 spiro atoms. The quantitative estimate of drug-likeness (QED) is 0.939. The van der Waals surface area contributed by atoms with Gasteiger partial charge in [-0.2, -0.15) is 0 Å². The van der Waals surface area contributed by atoms with E-state index in [0.29, 0.717) is 22.9 Å². The van der Waals surface area contributed by atoms with Crippen molar-refractivity contribution in [1.29, 1.82) is 0 Å². The van der Waals surface area contributed by atoms with E-state index >= 15 is 0 Å². The van der Waals surface area contributed by atoms with Crippen molar-refractivity contribution in [3.8, 4) is 0 Å². The molecular formula is C14H16ClNO2S. The van der Waals surface area contributed by atoms with Crippen molar-refractivity contribution in [3.05, 3.63) is 34.2 Å². The molecule has 1 heterocycles. The Hall–Kier alpha value is -1.10. The summed E-state index contributed by atoms with van der Waals surface area (Å²) in [6.07, 6.45) is 0.151. The molecule has 0 bridgehead atoms. The second-order valence-electron chi connectivity index (χ2n) is 4.61. The minimum absolute atomic E-state index is 0.0909. The number of carbonyl (C=O) groups is 1. The van der Waals surface area contributed by atoms with Crippen LogP contribution in [0.3, 0.4) is 0 Å². The predicted octanol–water partition coefficient (Wildman–Crippen LogP) is 3.40.